The van der Waals surface area contributed by atoms with Gasteiger partial charge in [-0.15, -0.1) is 0 Å². The minimum atomic E-state index is -0.340. The monoisotopic (exact) mass is 585 g/mol. The molecule has 0 radical (unpaired) electrons. The van der Waals surface area contributed by atoms with Gasteiger partial charge in [0.05, 0.1) is 34.6 Å². The quantitative estimate of drug-likeness (QED) is 0.208. The Bertz CT molecular complexity index is 1700. The van der Waals surface area contributed by atoms with Crippen molar-refractivity contribution in [2.45, 2.75) is 25.5 Å². The summed E-state index contributed by atoms with van der Waals surface area (Å²) in [6, 6.07) is 17.1. The number of rotatable bonds is 9. The number of nitriles is 1. The van der Waals surface area contributed by atoms with Gasteiger partial charge in [-0.05, 0) is 68.4 Å². The van der Waals surface area contributed by atoms with E-state index in [2.05, 4.69) is 26.6 Å². The molecular weight excluding hydrogens is 557 g/mol. The van der Waals surface area contributed by atoms with Crippen LogP contribution in [0.5, 0.6) is 11.5 Å². The molecular formula is C32H29ClFN5O3. The molecule has 0 saturated carbocycles. The molecule has 1 atom stereocenters. The number of hydrogen-bond acceptors (Lipinski definition) is 7. The SMILES string of the molecule is COc1cc2ncc(C#N)c(Nc3ccc(OCc4cccc(F)c4)c(Cl)c3)c2cc1NC(=O)/C=C/C1CCCN1C. The van der Waals surface area contributed by atoms with E-state index in [1.165, 1.54) is 25.4 Å². The summed E-state index contributed by atoms with van der Waals surface area (Å²) in [5, 5.41) is 17.0. The molecule has 8 nitrogen and oxygen atoms in total. The number of likely N-dealkylation sites (tertiary alicyclic amines) is 1. The number of nitrogens with zero attached hydrogens (tertiary/aromatic N) is 3. The first-order chi connectivity index (χ1) is 20.3. The molecule has 1 unspecified atom stereocenters. The normalized spacial score (nSPS) is 15.1. The number of ether oxygens (including phenoxy) is 2. The topological polar surface area (TPSA) is 99.5 Å². The summed E-state index contributed by atoms with van der Waals surface area (Å²) in [5.41, 5.74) is 3.08. The van der Waals surface area contributed by atoms with E-state index in [0.717, 1.165) is 19.4 Å². The zero-order valence-corrected chi connectivity index (χ0v) is 23.9. The van der Waals surface area contributed by atoms with Crippen molar-refractivity contribution < 1.29 is 18.7 Å². The average Bonchev–Trinajstić information content (AvgIpc) is 3.40. The Hall–Kier alpha value is -4.65. The summed E-state index contributed by atoms with van der Waals surface area (Å²) < 4.78 is 24.8. The third kappa shape index (κ3) is 6.62. The van der Waals surface area contributed by atoms with Crippen LogP contribution in [0.4, 0.5) is 21.5 Å². The van der Waals surface area contributed by atoms with Gasteiger partial charge >= 0.3 is 0 Å². The summed E-state index contributed by atoms with van der Waals surface area (Å²) in [7, 11) is 3.56. The molecule has 1 aliphatic rings. The zero-order valence-electron chi connectivity index (χ0n) is 23.2. The van der Waals surface area contributed by atoms with Crippen LogP contribution in [0, 0.1) is 17.1 Å². The van der Waals surface area contributed by atoms with Crippen LogP contribution in [0.1, 0.15) is 24.0 Å². The number of benzene rings is 3. The predicted molar refractivity (Wildman–Crippen MR) is 162 cm³/mol. The third-order valence-corrected chi connectivity index (χ3v) is 7.39. The van der Waals surface area contributed by atoms with Gasteiger partial charge in [0.2, 0.25) is 5.91 Å². The van der Waals surface area contributed by atoms with Gasteiger partial charge in [0.25, 0.3) is 0 Å². The van der Waals surface area contributed by atoms with Crippen molar-refractivity contribution in [1.82, 2.24) is 9.88 Å². The van der Waals surface area contributed by atoms with Crippen molar-refractivity contribution in [3.05, 3.63) is 94.9 Å². The van der Waals surface area contributed by atoms with Crippen LogP contribution in [0.3, 0.4) is 0 Å². The maximum Gasteiger partial charge on any atom is 0.248 e. The van der Waals surface area contributed by atoms with Gasteiger partial charge in [0.15, 0.2) is 0 Å². The molecule has 1 aromatic heterocycles. The molecule has 10 heteroatoms. The molecule has 1 saturated heterocycles. The Labute approximate surface area is 248 Å². The lowest BCUT2D eigenvalue weighted by Gasteiger charge is -2.16. The number of methoxy groups -OCH3 is 1. The second-order valence-electron chi connectivity index (χ2n) is 9.96. The molecule has 1 amide bonds. The largest absolute Gasteiger partial charge is 0.494 e. The van der Waals surface area contributed by atoms with E-state index >= 15 is 0 Å². The molecule has 5 rings (SSSR count). The first-order valence-corrected chi connectivity index (χ1v) is 13.8. The lowest BCUT2D eigenvalue weighted by Crippen LogP contribution is -2.23. The highest BCUT2D eigenvalue weighted by molar-refractivity contribution is 6.32. The van der Waals surface area contributed by atoms with Crippen molar-refractivity contribution in [2.75, 3.05) is 31.3 Å². The Balaban J connectivity index is 1.40. The zero-order chi connectivity index (χ0) is 29.6. The molecule has 2 heterocycles. The van der Waals surface area contributed by atoms with Gasteiger partial charge < -0.3 is 20.1 Å². The Morgan fingerprint density at radius 1 is 1.24 bits per heavy atom. The van der Waals surface area contributed by atoms with Crippen molar-refractivity contribution in [3.63, 3.8) is 0 Å². The highest BCUT2D eigenvalue weighted by atomic mass is 35.5. The van der Waals surface area contributed by atoms with E-state index in [1.807, 2.05) is 13.1 Å². The molecule has 0 bridgehead atoms. The number of aromatic nitrogens is 1. The van der Waals surface area contributed by atoms with Crippen molar-refractivity contribution in [1.29, 1.82) is 5.26 Å². The van der Waals surface area contributed by atoms with Gasteiger partial charge in [-0.25, -0.2) is 4.39 Å². The minimum absolute atomic E-state index is 0.153. The van der Waals surface area contributed by atoms with Crippen LogP contribution in [0.25, 0.3) is 10.9 Å². The van der Waals surface area contributed by atoms with Gasteiger partial charge in [0, 0.05) is 35.5 Å². The van der Waals surface area contributed by atoms with Crippen LogP contribution in [-0.4, -0.2) is 42.5 Å². The Morgan fingerprint density at radius 3 is 2.81 bits per heavy atom. The van der Waals surface area contributed by atoms with Gasteiger partial charge in [-0.1, -0.05) is 29.8 Å². The maximum absolute atomic E-state index is 13.5. The van der Waals surface area contributed by atoms with Gasteiger partial charge in [-0.2, -0.15) is 5.26 Å². The molecule has 214 valence electrons. The molecule has 1 fully saturated rings. The second-order valence-corrected chi connectivity index (χ2v) is 10.4. The summed E-state index contributed by atoms with van der Waals surface area (Å²) >= 11 is 6.50. The van der Waals surface area contributed by atoms with E-state index in [0.29, 0.717) is 55.6 Å². The minimum Gasteiger partial charge on any atom is -0.494 e. The number of amides is 1. The van der Waals surface area contributed by atoms with E-state index in [1.54, 1.807) is 48.5 Å². The molecule has 0 aliphatic carbocycles. The van der Waals surface area contributed by atoms with Gasteiger partial charge in [-0.3, -0.25) is 14.7 Å². The summed E-state index contributed by atoms with van der Waals surface area (Å²) in [6.45, 7) is 1.16. The summed E-state index contributed by atoms with van der Waals surface area (Å²) in [6.07, 6.45) is 7.04. The van der Waals surface area contributed by atoms with Crippen molar-refractivity contribution >= 4 is 45.5 Å². The Kier molecular flexibility index (Phi) is 8.86. The van der Waals surface area contributed by atoms with Crippen LogP contribution in [0.15, 0.2) is 72.9 Å². The lowest BCUT2D eigenvalue weighted by atomic mass is 10.1. The molecule has 42 heavy (non-hydrogen) atoms. The molecule has 0 spiro atoms. The smallest absolute Gasteiger partial charge is 0.248 e. The lowest BCUT2D eigenvalue weighted by molar-refractivity contribution is -0.111. The number of carbonyl (C=O) groups excluding carboxylic acids is 1. The fourth-order valence-electron chi connectivity index (χ4n) is 4.89. The first-order valence-electron chi connectivity index (χ1n) is 13.4. The number of nitrogens with one attached hydrogen (secondary N) is 2. The van der Waals surface area contributed by atoms with E-state index < -0.39 is 0 Å². The predicted octanol–water partition coefficient (Wildman–Crippen LogP) is 6.82. The van der Waals surface area contributed by atoms with E-state index in [4.69, 9.17) is 21.1 Å². The second kappa shape index (κ2) is 12.9. The molecule has 2 N–H and O–H groups in total. The highest BCUT2D eigenvalue weighted by Gasteiger charge is 2.19. The number of halogens is 2. The average molecular weight is 586 g/mol. The Morgan fingerprint density at radius 2 is 2.10 bits per heavy atom. The van der Waals surface area contributed by atoms with Gasteiger partial charge in [0.1, 0.15) is 30.0 Å². The van der Waals surface area contributed by atoms with Crippen LogP contribution >= 0.6 is 11.6 Å². The fourth-order valence-corrected chi connectivity index (χ4v) is 5.12. The van der Waals surface area contributed by atoms with Crippen LogP contribution in [-0.2, 0) is 11.4 Å². The fraction of sp³-hybridized carbons (Fsp3) is 0.219. The third-order valence-electron chi connectivity index (χ3n) is 7.10. The summed E-state index contributed by atoms with van der Waals surface area (Å²) in [5.74, 6) is 0.243. The van der Waals surface area contributed by atoms with Crippen molar-refractivity contribution in [2.24, 2.45) is 0 Å². The number of anilines is 3. The number of likely N-dealkylation sites (N-methyl/N-ethyl adjacent to an activating group) is 1. The van der Waals surface area contributed by atoms with E-state index in [-0.39, 0.29) is 24.4 Å². The van der Waals surface area contributed by atoms with Crippen LogP contribution in [0.2, 0.25) is 5.02 Å². The number of hydrogen-bond donors (Lipinski definition) is 2. The van der Waals surface area contributed by atoms with Crippen molar-refractivity contribution in [3.8, 4) is 17.6 Å². The summed E-state index contributed by atoms with van der Waals surface area (Å²) in [4.78, 5) is 19.4. The standard InChI is InChI=1S/C32H29ClFN5O3/c1-39-12-4-7-24(39)9-11-31(40)38-28-15-25-27(16-30(28)41-2)36-18-21(17-35)32(25)37-23-8-10-29(26(33)14-23)42-19-20-5-3-6-22(34)13-20/h3,5-6,8-11,13-16,18,24H,4,7,12,19H2,1-2H3,(H,36,37)(H,38,40)/b11-9+. The maximum atomic E-state index is 13.5. The number of fused-ring (bicyclic) bond motifs is 1. The molecule has 3 aromatic carbocycles. The number of pyridine rings is 1. The molecule has 1 aliphatic heterocycles. The number of carbonyl (C=O) groups is 1. The molecule has 4 aromatic rings. The van der Waals surface area contributed by atoms with E-state index in [9.17, 15) is 14.4 Å². The van der Waals surface area contributed by atoms with Crippen LogP contribution < -0.4 is 20.1 Å². The highest BCUT2D eigenvalue weighted by Crippen LogP contribution is 2.37. The first kappa shape index (κ1) is 28.9.